The Balaban J connectivity index is 2.44. The van der Waals surface area contributed by atoms with Gasteiger partial charge in [-0.3, -0.25) is 0 Å². The van der Waals surface area contributed by atoms with Gasteiger partial charge in [0, 0.05) is 12.6 Å². The lowest BCUT2D eigenvalue weighted by Gasteiger charge is -1.94. The molecule has 1 aromatic carbocycles. The molecule has 0 unspecified atom stereocenters. The summed E-state index contributed by atoms with van der Waals surface area (Å²) in [6.07, 6.45) is 0. The molecule has 0 saturated heterocycles. The summed E-state index contributed by atoms with van der Waals surface area (Å²) >= 11 is 0. The number of phenols is 1. The summed E-state index contributed by atoms with van der Waals surface area (Å²) in [4.78, 5) is 4.06. The normalized spacial score (nSPS) is 10.4. The van der Waals surface area contributed by atoms with Gasteiger partial charge in [0.25, 0.3) is 0 Å². The highest BCUT2D eigenvalue weighted by molar-refractivity contribution is 5.56. The van der Waals surface area contributed by atoms with E-state index in [0.29, 0.717) is 11.8 Å². The number of hydrogen-bond acceptors (Lipinski definition) is 4. The quantitative estimate of drug-likeness (QED) is 0.696. The number of nitrogens with two attached hydrogens (primary N) is 1. The SMILES string of the molecule is Cn1nc(-c2ccc(O)cc2)nc1N. The topological polar surface area (TPSA) is 77.0 Å². The van der Waals surface area contributed by atoms with E-state index in [4.69, 9.17) is 10.8 Å². The molecule has 2 aromatic rings. The largest absolute Gasteiger partial charge is 0.508 e. The zero-order chi connectivity index (χ0) is 10.1. The van der Waals surface area contributed by atoms with E-state index in [2.05, 4.69) is 10.1 Å². The molecule has 1 aromatic heterocycles. The fourth-order valence-electron chi connectivity index (χ4n) is 1.13. The van der Waals surface area contributed by atoms with Gasteiger partial charge in [0.2, 0.25) is 5.95 Å². The van der Waals surface area contributed by atoms with E-state index in [9.17, 15) is 0 Å². The van der Waals surface area contributed by atoms with E-state index in [-0.39, 0.29) is 5.75 Å². The zero-order valence-electron chi connectivity index (χ0n) is 7.68. The van der Waals surface area contributed by atoms with Gasteiger partial charge in [-0.15, -0.1) is 5.10 Å². The fraction of sp³-hybridized carbons (Fsp3) is 0.111. The van der Waals surface area contributed by atoms with Gasteiger partial charge < -0.3 is 10.8 Å². The van der Waals surface area contributed by atoms with Crippen LogP contribution in [0.4, 0.5) is 5.95 Å². The van der Waals surface area contributed by atoms with Crippen molar-refractivity contribution < 1.29 is 5.11 Å². The number of aryl methyl sites for hydroxylation is 1. The van der Waals surface area contributed by atoms with Crippen LogP contribution in [0.5, 0.6) is 5.75 Å². The Kier molecular flexibility index (Phi) is 1.85. The van der Waals surface area contributed by atoms with E-state index in [0.717, 1.165) is 5.56 Å². The third-order valence-electron chi connectivity index (χ3n) is 1.92. The molecule has 2 rings (SSSR count). The average Bonchev–Trinajstić information content (AvgIpc) is 2.48. The minimum absolute atomic E-state index is 0.220. The lowest BCUT2D eigenvalue weighted by Crippen LogP contribution is -1.97. The monoisotopic (exact) mass is 190 g/mol. The molecule has 5 nitrogen and oxygen atoms in total. The van der Waals surface area contributed by atoms with Gasteiger partial charge in [-0.2, -0.15) is 4.98 Å². The van der Waals surface area contributed by atoms with Crippen molar-refractivity contribution >= 4 is 5.95 Å². The Hall–Kier alpha value is -2.04. The summed E-state index contributed by atoms with van der Waals surface area (Å²) in [6.45, 7) is 0. The number of phenolic OH excluding ortho intramolecular Hbond substituents is 1. The Morgan fingerprint density at radius 3 is 2.43 bits per heavy atom. The number of benzene rings is 1. The van der Waals surface area contributed by atoms with Gasteiger partial charge >= 0.3 is 0 Å². The molecular weight excluding hydrogens is 180 g/mol. The van der Waals surface area contributed by atoms with Gasteiger partial charge in [-0.25, -0.2) is 4.68 Å². The number of aromatic hydroxyl groups is 1. The smallest absolute Gasteiger partial charge is 0.218 e. The van der Waals surface area contributed by atoms with Crippen molar-refractivity contribution in [1.82, 2.24) is 14.8 Å². The van der Waals surface area contributed by atoms with Crippen LogP contribution in [0.15, 0.2) is 24.3 Å². The molecule has 0 amide bonds. The molecule has 0 radical (unpaired) electrons. The number of nitrogen functional groups attached to an aromatic ring is 1. The lowest BCUT2D eigenvalue weighted by molar-refractivity contribution is 0.475. The van der Waals surface area contributed by atoms with Crippen molar-refractivity contribution in [2.75, 3.05) is 5.73 Å². The number of rotatable bonds is 1. The number of hydrogen-bond donors (Lipinski definition) is 2. The van der Waals surface area contributed by atoms with Gasteiger partial charge in [0.1, 0.15) is 5.75 Å². The molecule has 0 fully saturated rings. The second kappa shape index (κ2) is 3.02. The summed E-state index contributed by atoms with van der Waals surface area (Å²) in [6, 6.07) is 6.65. The molecule has 3 N–H and O–H groups in total. The molecule has 72 valence electrons. The van der Waals surface area contributed by atoms with Crippen LogP contribution in [0, 0.1) is 0 Å². The van der Waals surface area contributed by atoms with Crippen LogP contribution >= 0.6 is 0 Å². The van der Waals surface area contributed by atoms with Crippen LogP contribution in [0.1, 0.15) is 0 Å². The maximum absolute atomic E-state index is 9.09. The van der Waals surface area contributed by atoms with Crippen molar-refractivity contribution in [3.8, 4) is 17.1 Å². The number of nitrogens with zero attached hydrogens (tertiary/aromatic N) is 3. The summed E-state index contributed by atoms with van der Waals surface area (Å²) in [5.41, 5.74) is 6.38. The summed E-state index contributed by atoms with van der Waals surface area (Å²) in [7, 11) is 1.73. The van der Waals surface area contributed by atoms with E-state index >= 15 is 0 Å². The molecule has 0 atom stereocenters. The van der Waals surface area contributed by atoms with Crippen LogP contribution in [-0.2, 0) is 7.05 Å². The standard InChI is InChI=1S/C9H10N4O/c1-13-9(10)11-8(12-13)6-2-4-7(14)5-3-6/h2-5,14H,1H3,(H2,10,11,12). The fourth-order valence-corrected chi connectivity index (χ4v) is 1.13. The van der Waals surface area contributed by atoms with Gasteiger partial charge in [0.15, 0.2) is 5.82 Å². The minimum Gasteiger partial charge on any atom is -0.508 e. The Morgan fingerprint density at radius 2 is 1.93 bits per heavy atom. The lowest BCUT2D eigenvalue weighted by atomic mass is 10.2. The van der Waals surface area contributed by atoms with Gasteiger partial charge in [-0.05, 0) is 24.3 Å². The highest BCUT2D eigenvalue weighted by atomic mass is 16.3. The third-order valence-corrected chi connectivity index (χ3v) is 1.92. The highest BCUT2D eigenvalue weighted by Gasteiger charge is 2.05. The molecule has 0 aliphatic heterocycles. The molecule has 0 aliphatic rings. The first-order chi connectivity index (χ1) is 6.66. The number of anilines is 1. The average molecular weight is 190 g/mol. The first-order valence-corrected chi connectivity index (χ1v) is 4.13. The second-order valence-electron chi connectivity index (χ2n) is 2.96. The third kappa shape index (κ3) is 1.39. The van der Waals surface area contributed by atoms with Gasteiger partial charge in [-0.1, -0.05) is 0 Å². The first-order valence-electron chi connectivity index (χ1n) is 4.13. The van der Waals surface area contributed by atoms with E-state index in [1.165, 1.54) is 4.68 Å². The van der Waals surface area contributed by atoms with Crippen LogP contribution in [0.3, 0.4) is 0 Å². The van der Waals surface area contributed by atoms with Crippen LogP contribution < -0.4 is 5.73 Å². The van der Waals surface area contributed by atoms with E-state index in [1.54, 1.807) is 31.3 Å². The highest BCUT2D eigenvalue weighted by Crippen LogP contribution is 2.18. The summed E-state index contributed by atoms with van der Waals surface area (Å²) in [5.74, 6) is 1.15. The molecular formula is C9H10N4O. The summed E-state index contributed by atoms with van der Waals surface area (Å²) in [5, 5.41) is 13.2. The summed E-state index contributed by atoms with van der Waals surface area (Å²) < 4.78 is 1.50. The van der Waals surface area contributed by atoms with Crippen molar-refractivity contribution in [3.63, 3.8) is 0 Å². The van der Waals surface area contributed by atoms with Gasteiger partial charge in [0.05, 0.1) is 0 Å². The van der Waals surface area contributed by atoms with E-state index < -0.39 is 0 Å². The number of aromatic nitrogens is 3. The molecule has 0 saturated carbocycles. The second-order valence-corrected chi connectivity index (χ2v) is 2.96. The maximum atomic E-state index is 9.09. The van der Waals surface area contributed by atoms with Crippen molar-refractivity contribution in [3.05, 3.63) is 24.3 Å². The molecule has 0 spiro atoms. The zero-order valence-corrected chi connectivity index (χ0v) is 7.68. The van der Waals surface area contributed by atoms with Crippen LogP contribution in [-0.4, -0.2) is 19.9 Å². The predicted molar refractivity (Wildman–Crippen MR) is 52.5 cm³/mol. The van der Waals surface area contributed by atoms with Crippen LogP contribution in [0.2, 0.25) is 0 Å². The van der Waals surface area contributed by atoms with Crippen molar-refractivity contribution in [2.24, 2.45) is 7.05 Å². The predicted octanol–water partition coefficient (Wildman–Crippen LogP) is 0.770. The Bertz CT molecular complexity index is 427. The Labute approximate surface area is 80.8 Å². The first kappa shape index (κ1) is 8.55. The molecule has 5 heteroatoms. The molecule has 14 heavy (non-hydrogen) atoms. The van der Waals surface area contributed by atoms with Crippen molar-refractivity contribution in [2.45, 2.75) is 0 Å². The van der Waals surface area contributed by atoms with Crippen molar-refractivity contribution in [1.29, 1.82) is 0 Å². The van der Waals surface area contributed by atoms with E-state index in [1.807, 2.05) is 0 Å². The molecule has 1 heterocycles. The molecule has 0 bridgehead atoms. The maximum Gasteiger partial charge on any atom is 0.218 e. The minimum atomic E-state index is 0.220. The van der Waals surface area contributed by atoms with Crippen LogP contribution in [0.25, 0.3) is 11.4 Å². The Morgan fingerprint density at radius 1 is 1.29 bits per heavy atom. The molecule has 0 aliphatic carbocycles.